The van der Waals surface area contributed by atoms with Crippen LogP contribution in [0.15, 0.2) is 22.7 Å². The molecule has 0 aliphatic heterocycles. The van der Waals surface area contributed by atoms with Crippen LogP contribution in [0.1, 0.15) is 12.0 Å². The molecule has 1 atom stereocenters. The van der Waals surface area contributed by atoms with Crippen molar-refractivity contribution in [2.45, 2.75) is 18.9 Å². The van der Waals surface area contributed by atoms with Gasteiger partial charge in [0.05, 0.1) is 17.7 Å². The van der Waals surface area contributed by atoms with Crippen LogP contribution in [-0.4, -0.2) is 33.0 Å². The molecule has 0 fully saturated rings. The highest BCUT2D eigenvalue weighted by Gasteiger charge is 2.12. The van der Waals surface area contributed by atoms with Crippen LogP contribution >= 0.6 is 15.9 Å². The zero-order chi connectivity index (χ0) is 14.1. The predicted molar refractivity (Wildman–Crippen MR) is 76.2 cm³/mol. The number of benzene rings is 1. The summed E-state index contributed by atoms with van der Waals surface area (Å²) in [7, 11) is 1.63. The molecule has 0 aliphatic rings. The van der Waals surface area contributed by atoms with Crippen molar-refractivity contribution in [2.75, 3.05) is 26.9 Å². The first kappa shape index (κ1) is 16.5. The van der Waals surface area contributed by atoms with E-state index in [9.17, 15) is 4.39 Å². The topological polar surface area (TPSA) is 56.5 Å². The molecule has 6 heteroatoms. The van der Waals surface area contributed by atoms with Crippen LogP contribution < -0.4 is 11.3 Å². The van der Waals surface area contributed by atoms with Crippen LogP contribution in [0.2, 0.25) is 0 Å². The molecular weight excluding hydrogens is 315 g/mol. The van der Waals surface area contributed by atoms with Gasteiger partial charge in [-0.15, -0.1) is 0 Å². The fourth-order valence-corrected chi connectivity index (χ4v) is 2.11. The number of methoxy groups -OCH3 is 1. The number of hydrazine groups is 1. The molecule has 0 amide bonds. The first-order valence-corrected chi connectivity index (χ1v) is 6.94. The van der Waals surface area contributed by atoms with Crippen LogP contribution in [0.3, 0.4) is 0 Å². The molecule has 19 heavy (non-hydrogen) atoms. The van der Waals surface area contributed by atoms with E-state index in [2.05, 4.69) is 21.4 Å². The lowest BCUT2D eigenvalue weighted by molar-refractivity contribution is 0.0658. The van der Waals surface area contributed by atoms with E-state index in [0.717, 1.165) is 12.0 Å². The van der Waals surface area contributed by atoms with Gasteiger partial charge in [0.25, 0.3) is 0 Å². The minimum Gasteiger partial charge on any atom is -0.382 e. The van der Waals surface area contributed by atoms with Gasteiger partial charge in [0, 0.05) is 19.8 Å². The fraction of sp³-hybridized carbons (Fsp3) is 0.538. The summed E-state index contributed by atoms with van der Waals surface area (Å²) >= 11 is 3.25. The van der Waals surface area contributed by atoms with E-state index in [0.29, 0.717) is 30.7 Å². The lowest BCUT2D eigenvalue weighted by Gasteiger charge is -2.17. The maximum atomic E-state index is 13.4. The summed E-state index contributed by atoms with van der Waals surface area (Å²) in [6.45, 7) is 1.73. The largest absolute Gasteiger partial charge is 0.382 e. The first-order chi connectivity index (χ1) is 9.19. The van der Waals surface area contributed by atoms with E-state index in [1.807, 2.05) is 6.07 Å². The number of nitrogens with two attached hydrogens (primary N) is 1. The average molecular weight is 335 g/mol. The summed E-state index contributed by atoms with van der Waals surface area (Å²) in [6.07, 6.45) is 1.39. The number of rotatable bonds is 9. The quantitative estimate of drug-likeness (QED) is 0.412. The lowest BCUT2D eigenvalue weighted by atomic mass is 10.0. The Balaban J connectivity index is 2.41. The summed E-state index contributed by atoms with van der Waals surface area (Å²) in [5.41, 5.74) is 3.62. The molecule has 0 heterocycles. The van der Waals surface area contributed by atoms with Crippen LogP contribution in [0, 0.1) is 5.82 Å². The second-order valence-electron chi connectivity index (χ2n) is 4.17. The third kappa shape index (κ3) is 5.97. The Morgan fingerprint density at radius 3 is 2.84 bits per heavy atom. The molecule has 1 aromatic rings. The highest BCUT2D eigenvalue weighted by molar-refractivity contribution is 9.10. The molecule has 3 N–H and O–H groups in total. The van der Waals surface area contributed by atoms with Crippen LogP contribution in [0.5, 0.6) is 0 Å². The van der Waals surface area contributed by atoms with Crippen LogP contribution in [0.25, 0.3) is 0 Å². The smallest absolute Gasteiger partial charge is 0.137 e. The van der Waals surface area contributed by atoms with E-state index >= 15 is 0 Å². The van der Waals surface area contributed by atoms with Crippen LogP contribution in [-0.2, 0) is 15.9 Å². The van der Waals surface area contributed by atoms with Gasteiger partial charge < -0.3 is 9.47 Å². The summed E-state index contributed by atoms with van der Waals surface area (Å²) in [5.74, 6) is 5.25. The van der Waals surface area contributed by atoms with Gasteiger partial charge in [0.2, 0.25) is 0 Å². The second-order valence-corrected chi connectivity index (χ2v) is 4.97. The lowest BCUT2D eigenvalue weighted by Crippen LogP contribution is -2.37. The summed E-state index contributed by atoms with van der Waals surface area (Å²) in [4.78, 5) is 0. The molecule has 1 unspecified atom stereocenters. The SMILES string of the molecule is COCCOCCC(Cc1cccc(F)c1Br)NN. The monoisotopic (exact) mass is 334 g/mol. The number of halogens is 2. The predicted octanol–water partition coefficient (Wildman–Crippen LogP) is 2.02. The maximum Gasteiger partial charge on any atom is 0.137 e. The standard InChI is InChI=1S/C13H20BrFN2O2/c1-18-7-8-19-6-5-11(17-16)9-10-3-2-4-12(15)13(10)14/h2-4,11,17H,5-9,16H2,1H3. The molecular formula is C13H20BrFN2O2. The normalized spacial score (nSPS) is 12.6. The van der Waals surface area contributed by atoms with Crippen molar-refractivity contribution in [3.63, 3.8) is 0 Å². The van der Waals surface area contributed by atoms with E-state index < -0.39 is 0 Å². The number of nitrogens with one attached hydrogen (secondary N) is 1. The molecule has 0 saturated carbocycles. The van der Waals surface area contributed by atoms with Crippen molar-refractivity contribution in [1.29, 1.82) is 0 Å². The Bertz CT molecular complexity index is 380. The van der Waals surface area contributed by atoms with E-state index in [-0.39, 0.29) is 11.9 Å². The molecule has 0 saturated heterocycles. The second kappa shape index (κ2) is 9.39. The van der Waals surface area contributed by atoms with Crippen molar-refractivity contribution in [2.24, 2.45) is 5.84 Å². The minimum atomic E-state index is -0.260. The number of hydrogen-bond donors (Lipinski definition) is 2. The Morgan fingerprint density at radius 2 is 2.16 bits per heavy atom. The molecule has 0 spiro atoms. The molecule has 0 aliphatic carbocycles. The Hall–Kier alpha value is -0.530. The van der Waals surface area contributed by atoms with E-state index in [4.69, 9.17) is 15.3 Å². The van der Waals surface area contributed by atoms with Gasteiger partial charge in [-0.25, -0.2) is 4.39 Å². The minimum absolute atomic E-state index is 0.0423. The molecule has 0 aromatic heterocycles. The van der Waals surface area contributed by atoms with Gasteiger partial charge in [-0.2, -0.15) is 0 Å². The average Bonchev–Trinajstić information content (AvgIpc) is 2.42. The molecule has 1 rings (SSSR count). The highest BCUT2D eigenvalue weighted by Crippen LogP contribution is 2.22. The summed E-state index contributed by atoms with van der Waals surface area (Å²) in [5, 5.41) is 0. The maximum absolute atomic E-state index is 13.4. The third-order valence-electron chi connectivity index (χ3n) is 2.78. The van der Waals surface area contributed by atoms with Crippen molar-refractivity contribution in [1.82, 2.24) is 5.43 Å². The van der Waals surface area contributed by atoms with Gasteiger partial charge in [-0.05, 0) is 40.4 Å². The molecule has 1 aromatic carbocycles. The molecule has 4 nitrogen and oxygen atoms in total. The van der Waals surface area contributed by atoms with Gasteiger partial charge in [-0.3, -0.25) is 11.3 Å². The van der Waals surface area contributed by atoms with Crippen LogP contribution in [0.4, 0.5) is 4.39 Å². The Labute approximate surface area is 121 Å². The first-order valence-electron chi connectivity index (χ1n) is 6.14. The van der Waals surface area contributed by atoms with Gasteiger partial charge in [0.1, 0.15) is 5.82 Å². The Kier molecular flexibility index (Phi) is 8.16. The zero-order valence-corrected chi connectivity index (χ0v) is 12.6. The number of hydrogen-bond acceptors (Lipinski definition) is 4. The van der Waals surface area contributed by atoms with Crippen molar-refractivity contribution >= 4 is 15.9 Å². The van der Waals surface area contributed by atoms with Gasteiger partial charge in [0.15, 0.2) is 0 Å². The van der Waals surface area contributed by atoms with E-state index in [1.54, 1.807) is 13.2 Å². The van der Waals surface area contributed by atoms with Crippen molar-refractivity contribution in [3.8, 4) is 0 Å². The zero-order valence-electron chi connectivity index (χ0n) is 11.0. The van der Waals surface area contributed by atoms with Gasteiger partial charge >= 0.3 is 0 Å². The fourth-order valence-electron chi connectivity index (χ4n) is 1.69. The van der Waals surface area contributed by atoms with Crippen molar-refractivity contribution < 1.29 is 13.9 Å². The van der Waals surface area contributed by atoms with Gasteiger partial charge in [-0.1, -0.05) is 12.1 Å². The van der Waals surface area contributed by atoms with Crippen molar-refractivity contribution in [3.05, 3.63) is 34.1 Å². The summed E-state index contributed by atoms with van der Waals surface area (Å²) in [6, 6.07) is 5.04. The molecule has 0 bridgehead atoms. The third-order valence-corrected chi connectivity index (χ3v) is 3.66. The number of ether oxygens (including phenoxy) is 2. The molecule has 0 radical (unpaired) electrons. The molecule has 108 valence electrons. The van der Waals surface area contributed by atoms with E-state index in [1.165, 1.54) is 6.07 Å². The Morgan fingerprint density at radius 1 is 1.37 bits per heavy atom. The highest BCUT2D eigenvalue weighted by atomic mass is 79.9. The summed E-state index contributed by atoms with van der Waals surface area (Å²) < 4.78 is 24.2.